The fraction of sp³-hybridized carbons (Fsp3) is 0.391. The van der Waals surface area contributed by atoms with E-state index in [-0.39, 0.29) is 23.6 Å². The Kier molecular flexibility index (Phi) is 12.1. The minimum atomic E-state index is -0.178. The van der Waals surface area contributed by atoms with Crippen molar-refractivity contribution in [2.75, 3.05) is 40.4 Å². The second-order valence-corrected chi connectivity index (χ2v) is 14.9. The summed E-state index contributed by atoms with van der Waals surface area (Å²) in [6.07, 6.45) is 9.35. The first kappa shape index (κ1) is 37.2. The summed E-state index contributed by atoms with van der Waals surface area (Å²) in [7, 11) is 3.37. The van der Waals surface area contributed by atoms with Gasteiger partial charge in [-0.3, -0.25) is 9.80 Å². The first-order valence-electron chi connectivity index (χ1n) is 18.9. The number of rotatable bonds is 13. The molecule has 2 heterocycles. The minimum absolute atomic E-state index is 0.145. The summed E-state index contributed by atoms with van der Waals surface area (Å²) in [6.45, 7) is 16.5. The monoisotopic (exact) mass is 700 g/mol. The van der Waals surface area contributed by atoms with Crippen LogP contribution in [0.2, 0.25) is 0 Å². The maximum Gasteiger partial charge on any atom is 0.128 e. The van der Waals surface area contributed by atoms with Gasteiger partial charge in [0.2, 0.25) is 0 Å². The third-order valence-corrected chi connectivity index (χ3v) is 11.3. The highest BCUT2D eigenvalue weighted by Crippen LogP contribution is 2.46. The largest absolute Gasteiger partial charge is 0.507 e. The molecule has 2 N–H and O–H groups in total. The molecular weight excluding hydrogens is 645 g/mol. The second-order valence-electron chi connectivity index (χ2n) is 14.9. The van der Waals surface area contributed by atoms with Crippen molar-refractivity contribution in [1.82, 2.24) is 9.80 Å². The van der Waals surface area contributed by atoms with E-state index < -0.39 is 0 Å². The predicted octanol–water partition coefficient (Wildman–Crippen LogP) is 9.88. The van der Waals surface area contributed by atoms with Gasteiger partial charge >= 0.3 is 0 Å². The molecule has 52 heavy (non-hydrogen) atoms. The molecular formula is C46H56N2O4. The first-order chi connectivity index (χ1) is 25.2. The lowest BCUT2D eigenvalue weighted by atomic mass is 9.85. The predicted molar refractivity (Wildman–Crippen MR) is 213 cm³/mol. The number of nitrogens with zero attached hydrogens (tertiary/aromatic N) is 2. The van der Waals surface area contributed by atoms with Crippen LogP contribution in [0.3, 0.4) is 0 Å². The summed E-state index contributed by atoms with van der Waals surface area (Å²) in [6, 6.07) is 24.6. The van der Waals surface area contributed by atoms with Crippen molar-refractivity contribution in [3.8, 4) is 34.1 Å². The van der Waals surface area contributed by atoms with Crippen molar-refractivity contribution in [3.05, 3.63) is 131 Å². The number of ether oxygens (including phenoxy) is 2. The average Bonchev–Trinajstić information content (AvgIpc) is 3.16. The lowest BCUT2D eigenvalue weighted by molar-refractivity contribution is 0.155. The van der Waals surface area contributed by atoms with Crippen molar-refractivity contribution in [2.24, 2.45) is 11.8 Å². The van der Waals surface area contributed by atoms with Crippen molar-refractivity contribution in [1.29, 1.82) is 0 Å². The van der Waals surface area contributed by atoms with E-state index in [1.165, 1.54) is 0 Å². The van der Waals surface area contributed by atoms with Crippen LogP contribution in [-0.4, -0.2) is 60.4 Å². The van der Waals surface area contributed by atoms with Crippen LogP contribution in [0, 0.1) is 11.8 Å². The third kappa shape index (κ3) is 8.09. The molecule has 6 heteroatoms. The van der Waals surface area contributed by atoms with Gasteiger partial charge in [0.05, 0.1) is 26.3 Å². The fourth-order valence-electron chi connectivity index (χ4n) is 8.15. The minimum Gasteiger partial charge on any atom is -0.507 e. The van der Waals surface area contributed by atoms with E-state index in [9.17, 15) is 10.2 Å². The van der Waals surface area contributed by atoms with E-state index >= 15 is 0 Å². The summed E-state index contributed by atoms with van der Waals surface area (Å²) >= 11 is 0. The standard InChI is InChI=1S/C46H56N2O4/c1-7-9-33-27-40(46(50)41(28-33)43(47-23-19-31(3)20-24-47)34-11-15-38(51-5)16-12-34)37-29-36(10-8-2)45(49)42(30-37)44(48-25-21-32(4)22-26-48)35-13-17-39(52-6)18-14-35/h7-8,11-18,27-32,43-44,49-50H,1-2,9-10,19-26H2,3-6H3. The molecule has 2 aliphatic heterocycles. The molecule has 0 aromatic heterocycles. The Labute approximate surface area is 311 Å². The topological polar surface area (TPSA) is 65.4 Å². The van der Waals surface area contributed by atoms with E-state index in [4.69, 9.17) is 9.47 Å². The molecule has 0 saturated carbocycles. The molecule has 274 valence electrons. The summed E-state index contributed by atoms with van der Waals surface area (Å²) in [4.78, 5) is 5.01. The van der Waals surface area contributed by atoms with Gasteiger partial charge in [-0.2, -0.15) is 0 Å². The molecule has 2 saturated heterocycles. The highest BCUT2D eigenvalue weighted by Gasteiger charge is 2.32. The van der Waals surface area contributed by atoms with Crippen molar-refractivity contribution in [3.63, 3.8) is 0 Å². The normalized spacial score (nSPS) is 17.4. The van der Waals surface area contributed by atoms with Crippen molar-refractivity contribution >= 4 is 0 Å². The molecule has 0 amide bonds. The zero-order chi connectivity index (χ0) is 36.8. The highest BCUT2D eigenvalue weighted by atomic mass is 16.5. The van der Waals surface area contributed by atoms with Crippen LogP contribution in [0.1, 0.15) is 85.0 Å². The molecule has 0 aliphatic carbocycles. The van der Waals surface area contributed by atoms with E-state index in [1.54, 1.807) is 14.2 Å². The first-order valence-corrected chi connectivity index (χ1v) is 18.9. The molecule has 4 aromatic carbocycles. The maximum absolute atomic E-state index is 12.5. The van der Waals surface area contributed by atoms with Crippen LogP contribution in [-0.2, 0) is 12.8 Å². The van der Waals surface area contributed by atoms with Gasteiger partial charge in [-0.1, -0.05) is 50.3 Å². The van der Waals surface area contributed by atoms with Gasteiger partial charge in [-0.15, -0.1) is 13.2 Å². The Hall–Kier alpha value is -4.52. The van der Waals surface area contributed by atoms with E-state index in [1.807, 2.05) is 42.5 Å². The molecule has 0 spiro atoms. The van der Waals surface area contributed by atoms with Crippen LogP contribution in [0.5, 0.6) is 23.0 Å². The molecule has 2 atom stereocenters. The van der Waals surface area contributed by atoms with Gasteiger partial charge in [-0.25, -0.2) is 0 Å². The lowest BCUT2D eigenvalue weighted by Crippen LogP contribution is -2.37. The smallest absolute Gasteiger partial charge is 0.128 e. The molecule has 6 rings (SSSR count). The highest BCUT2D eigenvalue weighted by molar-refractivity contribution is 5.76. The van der Waals surface area contributed by atoms with Crippen LogP contribution in [0.25, 0.3) is 11.1 Å². The van der Waals surface area contributed by atoms with E-state index in [2.05, 4.69) is 79.3 Å². The van der Waals surface area contributed by atoms with Gasteiger partial charge < -0.3 is 19.7 Å². The Morgan fingerprint density at radius 3 is 1.56 bits per heavy atom. The summed E-state index contributed by atoms with van der Waals surface area (Å²) < 4.78 is 11.0. The molecule has 6 nitrogen and oxygen atoms in total. The summed E-state index contributed by atoms with van der Waals surface area (Å²) in [5.74, 6) is 3.48. The van der Waals surface area contributed by atoms with E-state index in [0.717, 1.165) is 108 Å². The number of allylic oxidation sites excluding steroid dienone is 2. The number of piperidine rings is 2. The van der Waals surface area contributed by atoms with Gasteiger partial charge in [-0.05, 0) is 153 Å². The number of phenolic OH excluding ortho intramolecular Hbond substituents is 2. The second kappa shape index (κ2) is 16.9. The fourth-order valence-corrected chi connectivity index (χ4v) is 8.15. The number of hydrogen-bond donors (Lipinski definition) is 2. The number of benzene rings is 4. The number of phenols is 2. The Balaban J connectivity index is 1.55. The molecule has 2 fully saturated rings. The van der Waals surface area contributed by atoms with Gasteiger partial charge in [0.15, 0.2) is 0 Å². The van der Waals surface area contributed by atoms with Gasteiger partial charge in [0.1, 0.15) is 23.0 Å². The number of likely N-dealkylation sites (tertiary alicyclic amines) is 2. The molecule has 4 aromatic rings. The molecule has 0 bridgehead atoms. The third-order valence-electron chi connectivity index (χ3n) is 11.3. The quantitative estimate of drug-likeness (QED) is 0.135. The Bertz CT molecular complexity index is 1820. The van der Waals surface area contributed by atoms with E-state index in [0.29, 0.717) is 24.7 Å². The van der Waals surface area contributed by atoms with Crippen LogP contribution >= 0.6 is 0 Å². The molecule has 2 aliphatic rings. The van der Waals surface area contributed by atoms with Crippen molar-refractivity contribution < 1.29 is 19.7 Å². The van der Waals surface area contributed by atoms with Crippen molar-refractivity contribution in [2.45, 2.75) is 64.5 Å². The Morgan fingerprint density at radius 1 is 0.654 bits per heavy atom. The Morgan fingerprint density at radius 2 is 1.12 bits per heavy atom. The molecule has 0 radical (unpaired) electrons. The maximum atomic E-state index is 12.5. The van der Waals surface area contributed by atoms with Crippen LogP contribution < -0.4 is 9.47 Å². The average molecular weight is 701 g/mol. The SMILES string of the molecule is C=CCc1cc(-c2cc(CC=C)c(O)c(C(c3ccc(OC)cc3)N3CCC(C)CC3)c2)c(O)c(C(c2ccc(OC)cc2)N2CCC(C)CC2)c1. The zero-order valence-electron chi connectivity index (χ0n) is 31.5. The molecule has 2 unspecified atom stereocenters. The number of aromatic hydroxyl groups is 2. The lowest BCUT2D eigenvalue weighted by Gasteiger charge is -2.38. The van der Waals surface area contributed by atoms with Gasteiger partial charge in [0.25, 0.3) is 0 Å². The summed E-state index contributed by atoms with van der Waals surface area (Å²) in [5.41, 5.74) is 7.43. The number of hydrogen-bond acceptors (Lipinski definition) is 6. The van der Waals surface area contributed by atoms with Crippen LogP contribution in [0.4, 0.5) is 0 Å². The summed E-state index contributed by atoms with van der Waals surface area (Å²) in [5, 5.41) is 24.6. The zero-order valence-corrected chi connectivity index (χ0v) is 31.5. The number of methoxy groups -OCH3 is 2. The van der Waals surface area contributed by atoms with Crippen LogP contribution in [0.15, 0.2) is 98.1 Å². The van der Waals surface area contributed by atoms with Gasteiger partial charge in [0, 0.05) is 16.7 Å².